The van der Waals surface area contributed by atoms with E-state index in [2.05, 4.69) is 15.5 Å². The van der Waals surface area contributed by atoms with Gasteiger partial charge in [0.15, 0.2) is 5.82 Å². The van der Waals surface area contributed by atoms with Crippen molar-refractivity contribution < 1.29 is 14.7 Å². The Kier molecular flexibility index (Phi) is 4.44. The second-order valence-electron chi connectivity index (χ2n) is 3.44. The normalized spacial score (nSPS) is 10.0. The van der Waals surface area contributed by atoms with Crippen LogP contribution in [0.4, 0.5) is 4.79 Å². The lowest BCUT2D eigenvalue weighted by Gasteiger charge is -2.15. The number of carbonyl (C=O) groups excluding carboxylic acids is 1. The number of nitrogens with zero attached hydrogens (tertiary/aromatic N) is 4. The maximum absolute atomic E-state index is 11.5. The van der Waals surface area contributed by atoms with Gasteiger partial charge < -0.3 is 19.9 Å². The standard InChI is InChI=1S/C9H15N5O3/c1-3-14-6-11-12-7(14)4-10-9(17)13(2)5-8(15)16/h6H,3-5H2,1-2H3,(H,10,17)(H,15,16). The van der Waals surface area contributed by atoms with Gasteiger partial charge in [-0.25, -0.2) is 4.79 Å². The Morgan fingerprint density at radius 1 is 1.59 bits per heavy atom. The maximum Gasteiger partial charge on any atom is 0.323 e. The Labute approximate surface area is 98.2 Å². The quantitative estimate of drug-likeness (QED) is 0.725. The summed E-state index contributed by atoms with van der Waals surface area (Å²) in [5.74, 6) is -0.427. The first-order chi connectivity index (χ1) is 8.04. The van der Waals surface area contributed by atoms with Crippen LogP contribution in [0.2, 0.25) is 0 Å². The van der Waals surface area contributed by atoms with Crippen LogP contribution in [0.5, 0.6) is 0 Å². The smallest absolute Gasteiger partial charge is 0.323 e. The number of aryl methyl sites for hydroxylation is 1. The van der Waals surface area contributed by atoms with Crippen molar-refractivity contribution in [2.24, 2.45) is 0 Å². The number of aliphatic carboxylic acids is 1. The van der Waals surface area contributed by atoms with E-state index in [-0.39, 0.29) is 13.1 Å². The van der Waals surface area contributed by atoms with Gasteiger partial charge in [-0.2, -0.15) is 0 Å². The monoisotopic (exact) mass is 241 g/mol. The molecule has 0 aromatic carbocycles. The van der Waals surface area contributed by atoms with E-state index in [1.807, 2.05) is 6.92 Å². The van der Waals surface area contributed by atoms with Gasteiger partial charge >= 0.3 is 12.0 Å². The van der Waals surface area contributed by atoms with Crippen molar-refractivity contribution in [3.05, 3.63) is 12.2 Å². The molecular weight excluding hydrogens is 226 g/mol. The first-order valence-corrected chi connectivity index (χ1v) is 5.12. The lowest BCUT2D eigenvalue weighted by atomic mass is 10.5. The first-order valence-electron chi connectivity index (χ1n) is 5.12. The van der Waals surface area contributed by atoms with E-state index in [1.54, 1.807) is 10.9 Å². The van der Waals surface area contributed by atoms with Crippen molar-refractivity contribution in [1.82, 2.24) is 25.0 Å². The highest BCUT2D eigenvalue weighted by Crippen LogP contribution is 1.94. The number of carboxylic acids is 1. The minimum Gasteiger partial charge on any atom is -0.480 e. The van der Waals surface area contributed by atoms with Gasteiger partial charge in [0.2, 0.25) is 0 Å². The van der Waals surface area contributed by atoms with Gasteiger partial charge in [-0.1, -0.05) is 0 Å². The summed E-state index contributed by atoms with van der Waals surface area (Å²) in [7, 11) is 1.41. The summed E-state index contributed by atoms with van der Waals surface area (Å²) in [5.41, 5.74) is 0. The molecule has 0 unspecified atom stereocenters. The molecule has 0 saturated heterocycles. The van der Waals surface area contributed by atoms with Crippen LogP contribution in [0.15, 0.2) is 6.33 Å². The van der Waals surface area contributed by atoms with Gasteiger partial charge in [0.25, 0.3) is 0 Å². The Morgan fingerprint density at radius 3 is 2.88 bits per heavy atom. The largest absolute Gasteiger partial charge is 0.480 e. The molecule has 1 aromatic rings. The summed E-state index contributed by atoms with van der Waals surface area (Å²) >= 11 is 0. The van der Waals surface area contributed by atoms with Crippen molar-refractivity contribution in [2.75, 3.05) is 13.6 Å². The van der Waals surface area contributed by atoms with Gasteiger partial charge in [0.05, 0.1) is 6.54 Å². The van der Waals surface area contributed by atoms with Crippen LogP contribution in [0.1, 0.15) is 12.7 Å². The van der Waals surface area contributed by atoms with E-state index in [9.17, 15) is 9.59 Å². The van der Waals surface area contributed by atoms with E-state index < -0.39 is 12.0 Å². The highest BCUT2D eigenvalue weighted by Gasteiger charge is 2.12. The molecule has 94 valence electrons. The highest BCUT2D eigenvalue weighted by atomic mass is 16.4. The summed E-state index contributed by atoms with van der Waals surface area (Å²) in [6, 6.07) is -0.460. The molecule has 1 aromatic heterocycles. The molecule has 2 N–H and O–H groups in total. The summed E-state index contributed by atoms with van der Waals surface area (Å²) in [6.07, 6.45) is 1.57. The third-order valence-electron chi connectivity index (χ3n) is 2.15. The fourth-order valence-electron chi connectivity index (χ4n) is 1.24. The molecule has 8 nitrogen and oxygen atoms in total. The second-order valence-corrected chi connectivity index (χ2v) is 3.44. The van der Waals surface area contributed by atoms with Gasteiger partial charge in [-0.05, 0) is 6.92 Å². The van der Waals surface area contributed by atoms with Gasteiger partial charge in [-0.15, -0.1) is 10.2 Å². The second kappa shape index (κ2) is 5.83. The average Bonchev–Trinajstić information content (AvgIpc) is 2.72. The minimum atomic E-state index is -1.06. The van der Waals surface area contributed by atoms with Crippen molar-refractivity contribution in [1.29, 1.82) is 0 Å². The first kappa shape index (κ1) is 12.9. The zero-order valence-corrected chi connectivity index (χ0v) is 9.75. The molecule has 0 aliphatic carbocycles. The van der Waals surface area contributed by atoms with Gasteiger partial charge in [0, 0.05) is 13.6 Å². The van der Waals surface area contributed by atoms with Crippen LogP contribution in [-0.2, 0) is 17.9 Å². The molecule has 0 saturated carbocycles. The van der Waals surface area contributed by atoms with Crippen molar-refractivity contribution >= 4 is 12.0 Å². The van der Waals surface area contributed by atoms with E-state index in [1.165, 1.54) is 7.05 Å². The molecule has 0 fully saturated rings. The van der Waals surface area contributed by atoms with Crippen LogP contribution in [-0.4, -0.2) is 50.4 Å². The number of aromatic nitrogens is 3. The van der Waals surface area contributed by atoms with Crippen LogP contribution in [0.3, 0.4) is 0 Å². The summed E-state index contributed by atoms with van der Waals surface area (Å²) in [4.78, 5) is 22.9. The number of carboxylic acid groups (broad SMARTS) is 1. The molecule has 0 bridgehead atoms. The SMILES string of the molecule is CCn1cnnc1CNC(=O)N(C)CC(=O)O. The number of hydrogen-bond donors (Lipinski definition) is 2. The molecule has 2 amide bonds. The third kappa shape index (κ3) is 3.74. The van der Waals surface area contributed by atoms with E-state index >= 15 is 0 Å². The lowest BCUT2D eigenvalue weighted by Crippen LogP contribution is -2.40. The Hall–Kier alpha value is -2.12. The van der Waals surface area contributed by atoms with E-state index in [0.717, 1.165) is 4.90 Å². The van der Waals surface area contributed by atoms with Crippen molar-refractivity contribution in [3.8, 4) is 0 Å². The molecule has 0 radical (unpaired) electrons. The lowest BCUT2D eigenvalue weighted by molar-refractivity contribution is -0.137. The Morgan fingerprint density at radius 2 is 2.29 bits per heavy atom. The van der Waals surface area contributed by atoms with Crippen LogP contribution < -0.4 is 5.32 Å². The molecule has 0 aliphatic rings. The Balaban J connectivity index is 2.45. The topological polar surface area (TPSA) is 100 Å². The molecule has 8 heteroatoms. The van der Waals surface area contributed by atoms with Crippen molar-refractivity contribution in [2.45, 2.75) is 20.0 Å². The summed E-state index contributed by atoms with van der Waals surface area (Å²) < 4.78 is 1.79. The molecule has 0 atom stereocenters. The molecule has 1 rings (SSSR count). The predicted octanol–water partition coefficient (Wildman–Crippen LogP) is -0.476. The van der Waals surface area contributed by atoms with E-state index in [0.29, 0.717) is 12.4 Å². The fourth-order valence-corrected chi connectivity index (χ4v) is 1.24. The predicted molar refractivity (Wildman–Crippen MR) is 58.2 cm³/mol. The van der Waals surface area contributed by atoms with Gasteiger partial charge in [-0.3, -0.25) is 4.79 Å². The summed E-state index contributed by atoms with van der Waals surface area (Å²) in [5, 5.41) is 18.6. The Bertz CT molecular complexity index is 403. The number of nitrogens with one attached hydrogen (secondary N) is 1. The zero-order valence-electron chi connectivity index (χ0n) is 9.75. The molecular formula is C9H15N5O3. The van der Waals surface area contributed by atoms with Gasteiger partial charge in [0.1, 0.15) is 12.9 Å². The van der Waals surface area contributed by atoms with Crippen molar-refractivity contribution in [3.63, 3.8) is 0 Å². The van der Waals surface area contributed by atoms with Crippen LogP contribution in [0.25, 0.3) is 0 Å². The fraction of sp³-hybridized carbons (Fsp3) is 0.556. The zero-order chi connectivity index (χ0) is 12.8. The molecule has 17 heavy (non-hydrogen) atoms. The highest BCUT2D eigenvalue weighted by molar-refractivity contribution is 5.79. The number of rotatable bonds is 5. The number of likely N-dealkylation sites (N-methyl/N-ethyl adjacent to an activating group) is 1. The van der Waals surface area contributed by atoms with E-state index in [4.69, 9.17) is 5.11 Å². The molecule has 0 spiro atoms. The molecule has 1 heterocycles. The maximum atomic E-state index is 11.5. The minimum absolute atomic E-state index is 0.219. The summed E-state index contributed by atoms with van der Waals surface area (Å²) in [6.45, 7) is 2.53. The van der Waals surface area contributed by atoms with Crippen LogP contribution in [0, 0.1) is 0 Å². The van der Waals surface area contributed by atoms with Crippen LogP contribution >= 0.6 is 0 Å². The average molecular weight is 241 g/mol. The molecule has 0 aliphatic heterocycles. The number of carbonyl (C=O) groups is 2. The number of urea groups is 1. The number of amides is 2. The number of hydrogen-bond acceptors (Lipinski definition) is 4. The third-order valence-corrected chi connectivity index (χ3v) is 2.15.